The number of thiophene rings is 1. The normalized spacial score (nSPS) is 14.2. The molecule has 35 heavy (non-hydrogen) atoms. The van der Waals surface area contributed by atoms with Gasteiger partial charge in [-0.25, -0.2) is 4.79 Å². The number of aromatic nitrogens is 1. The summed E-state index contributed by atoms with van der Waals surface area (Å²) in [6, 6.07) is 7.76. The number of hydrogen-bond acceptors (Lipinski definition) is 6. The molecule has 0 saturated carbocycles. The van der Waals surface area contributed by atoms with Gasteiger partial charge in [0.15, 0.2) is 11.5 Å². The number of rotatable bonds is 4. The van der Waals surface area contributed by atoms with Crippen molar-refractivity contribution < 1.29 is 19.0 Å². The summed E-state index contributed by atoms with van der Waals surface area (Å²) < 4.78 is 18.9. The number of fused-ring (bicyclic) bond motifs is 1. The molecule has 1 aliphatic rings. The molecule has 1 saturated heterocycles. The van der Waals surface area contributed by atoms with Crippen LogP contribution in [0.15, 0.2) is 40.8 Å². The molecule has 0 unspecified atom stereocenters. The number of benzene rings is 1. The Labute approximate surface area is 209 Å². The van der Waals surface area contributed by atoms with E-state index >= 15 is 0 Å². The van der Waals surface area contributed by atoms with Crippen molar-refractivity contribution in [3.63, 3.8) is 0 Å². The van der Waals surface area contributed by atoms with Gasteiger partial charge in [0.1, 0.15) is 5.60 Å². The second kappa shape index (κ2) is 9.77. The number of ether oxygens (including phenoxy) is 3. The van der Waals surface area contributed by atoms with Crippen LogP contribution in [0.4, 0.5) is 4.79 Å². The van der Waals surface area contributed by atoms with Gasteiger partial charge in [0.25, 0.3) is 5.56 Å². The van der Waals surface area contributed by atoms with Crippen molar-refractivity contribution >= 4 is 33.6 Å². The summed E-state index contributed by atoms with van der Waals surface area (Å²) >= 11 is 1.61. The van der Waals surface area contributed by atoms with Gasteiger partial charge in [-0.2, -0.15) is 0 Å². The second-order valence-electron chi connectivity index (χ2n) is 9.69. The lowest BCUT2D eigenvalue weighted by Gasteiger charge is -2.31. The minimum Gasteiger partial charge on any atom is -0.493 e. The van der Waals surface area contributed by atoms with Crippen molar-refractivity contribution in [2.45, 2.75) is 39.2 Å². The van der Waals surface area contributed by atoms with Crippen LogP contribution in [0.25, 0.3) is 27.3 Å². The number of likely N-dealkylation sites (tertiary alicyclic amines) is 1. The average Bonchev–Trinajstić information content (AvgIpc) is 3.24. The SMILES string of the molecule is COc1ccc(-c2cn(C)c(=O)c3cc(C=C4CCN(C(=O)OC(C)(C)C)CC4)sc23)cc1OC. The molecule has 2 aromatic heterocycles. The summed E-state index contributed by atoms with van der Waals surface area (Å²) in [5.74, 6) is 1.30. The molecule has 186 valence electrons. The van der Waals surface area contributed by atoms with Gasteiger partial charge >= 0.3 is 6.09 Å². The van der Waals surface area contributed by atoms with E-state index in [0.717, 1.165) is 33.5 Å². The number of piperidine rings is 1. The lowest BCUT2D eigenvalue weighted by atomic mass is 10.0. The fourth-order valence-corrected chi connectivity index (χ4v) is 5.37. The molecule has 0 bridgehead atoms. The molecular formula is C27H32N2O5S. The van der Waals surface area contributed by atoms with Crippen LogP contribution in [-0.2, 0) is 11.8 Å². The maximum Gasteiger partial charge on any atom is 0.410 e. The molecule has 1 aromatic carbocycles. The molecule has 0 N–H and O–H groups in total. The van der Waals surface area contributed by atoms with E-state index in [1.807, 2.05) is 51.2 Å². The molecule has 4 rings (SSSR count). The molecule has 8 heteroatoms. The van der Waals surface area contributed by atoms with Gasteiger partial charge in [-0.3, -0.25) is 4.79 Å². The van der Waals surface area contributed by atoms with Gasteiger partial charge in [0.2, 0.25) is 0 Å². The number of aryl methyl sites for hydroxylation is 1. The number of carbonyl (C=O) groups is 1. The highest BCUT2D eigenvalue weighted by atomic mass is 32.1. The molecule has 1 aliphatic heterocycles. The molecule has 3 heterocycles. The van der Waals surface area contributed by atoms with E-state index < -0.39 is 5.60 Å². The van der Waals surface area contributed by atoms with Crippen LogP contribution in [0.5, 0.6) is 11.5 Å². The Kier molecular flexibility index (Phi) is 6.94. The minimum atomic E-state index is -0.498. The highest BCUT2D eigenvalue weighted by molar-refractivity contribution is 7.20. The molecule has 3 aromatic rings. The number of methoxy groups -OCH3 is 2. The zero-order chi connectivity index (χ0) is 25.3. The first-order chi connectivity index (χ1) is 16.6. The summed E-state index contributed by atoms with van der Waals surface area (Å²) in [5, 5.41) is 0.697. The zero-order valence-electron chi connectivity index (χ0n) is 21.1. The van der Waals surface area contributed by atoms with E-state index in [2.05, 4.69) is 6.08 Å². The smallest absolute Gasteiger partial charge is 0.410 e. The van der Waals surface area contributed by atoms with Gasteiger partial charge in [-0.15, -0.1) is 11.3 Å². The number of carbonyl (C=O) groups excluding carboxylic acids is 1. The topological polar surface area (TPSA) is 70.0 Å². The predicted octanol–water partition coefficient (Wildman–Crippen LogP) is 5.70. The molecule has 0 spiro atoms. The summed E-state index contributed by atoms with van der Waals surface area (Å²) in [4.78, 5) is 28.1. The van der Waals surface area contributed by atoms with Crippen molar-refractivity contribution in [3.05, 3.63) is 51.3 Å². The molecule has 1 amide bonds. The fraction of sp³-hybridized carbons (Fsp3) is 0.407. The second-order valence-corrected chi connectivity index (χ2v) is 10.8. The van der Waals surface area contributed by atoms with Gasteiger partial charge in [0.05, 0.1) is 19.6 Å². The largest absolute Gasteiger partial charge is 0.493 e. The lowest BCUT2D eigenvalue weighted by molar-refractivity contribution is 0.0237. The van der Waals surface area contributed by atoms with Crippen molar-refractivity contribution in [1.82, 2.24) is 9.47 Å². The Hall–Kier alpha value is -3.26. The van der Waals surface area contributed by atoms with E-state index in [9.17, 15) is 9.59 Å². The maximum absolute atomic E-state index is 12.9. The van der Waals surface area contributed by atoms with Gasteiger partial charge < -0.3 is 23.7 Å². The molecular weight excluding hydrogens is 464 g/mol. The third kappa shape index (κ3) is 5.37. The fourth-order valence-electron chi connectivity index (χ4n) is 4.20. The summed E-state index contributed by atoms with van der Waals surface area (Å²) in [7, 11) is 4.99. The van der Waals surface area contributed by atoms with Crippen LogP contribution >= 0.6 is 11.3 Å². The molecule has 7 nitrogen and oxygen atoms in total. The average molecular weight is 497 g/mol. The first-order valence-corrected chi connectivity index (χ1v) is 12.4. The van der Waals surface area contributed by atoms with Gasteiger partial charge in [0, 0.05) is 41.5 Å². The third-order valence-corrected chi connectivity index (χ3v) is 7.08. The van der Waals surface area contributed by atoms with Crippen molar-refractivity contribution in [2.24, 2.45) is 7.05 Å². The van der Waals surface area contributed by atoms with Gasteiger partial charge in [-0.1, -0.05) is 11.6 Å². The van der Waals surface area contributed by atoms with E-state index in [4.69, 9.17) is 14.2 Å². The molecule has 1 fully saturated rings. The first kappa shape index (κ1) is 24.9. The van der Waals surface area contributed by atoms with Crippen LogP contribution in [0.2, 0.25) is 0 Å². The number of hydrogen-bond donors (Lipinski definition) is 0. The van der Waals surface area contributed by atoms with Crippen LogP contribution < -0.4 is 15.0 Å². The quantitative estimate of drug-likeness (QED) is 0.464. The van der Waals surface area contributed by atoms with E-state index in [1.54, 1.807) is 42.1 Å². The predicted molar refractivity (Wildman–Crippen MR) is 141 cm³/mol. The van der Waals surface area contributed by atoms with E-state index in [1.165, 1.54) is 5.57 Å². The van der Waals surface area contributed by atoms with Crippen LogP contribution in [0, 0.1) is 0 Å². The standard InChI is InChI=1S/C27H32N2O5S/c1-27(2,3)34-26(31)29-11-9-17(10-12-29)13-19-15-20-24(35-19)21(16-28(4)25(20)30)18-7-8-22(32-5)23(14-18)33-6/h7-8,13-16H,9-12H2,1-6H3. The van der Waals surface area contributed by atoms with Crippen molar-refractivity contribution in [1.29, 1.82) is 0 Å². The van der Waals surface area contributed by atoms with Crippen molar-refractivity contribution in [2.75, 3.05) is 27.3 Å². The van der Waals surface area contributed by atoms with Crippen LogP contribution in [0.3, 0.4) is 0 Å². The molecule has 0 atom stereocenters. The van der Waals surface area contributed by atoms with E-state index in [0.29, 0.717) is 30.0 Å². The highest BCUT2D eigenvalue weighted by Crippen LogP contribution is 2.38. The summed E-state index contributed by atoms with van der Waals surface area (Å²) in [6.07, 6.45) is 5.34. The van der Waals surface area contributed by atoms with Crippen LogP contribution in [0.1, 0.15) is 38.5 Å². The summed E-state index contributed by atoms with van der Waals surface area (Å²) in [6.45, 7) is 6.89. The Morgan fingerprint density at radius 2 is 1.74 bits per heavy atom. The Balaban J connectivity index is 1.63. The lowest BCUT2D eigenvalue weighted by Crippen LogP contribution is -2.40. The Morgan fingerprint density at radius 1 is 1.06 bits per heavy atom. The van der Waals surface area contributed by atoms with Crippen LogP contribution in [-0.4, -0.2) is 48.5 Å². The Morgan fingerprint density at radius 3 is 2.37 bits per heavy atom. The van der Waals surface area contributed by atoms with E-state index in [-0.39, 0.29) is 11.7 Å². The van der Waals surface area contributed by atoms with Crippen molar-refractivity contribution in [3.8, 4) is 22.6 Å². The maximum atomic E-state index is 12.9. The number of nitrogens with zero attached hydrogens (tertiary/aromatic N) is 2. The number of amides is 1. The Bertz CT molecular complexity index is 1340. The zero-order valence-corrected chi connectivity index (χ0v) is 22.0. The first-order valence-electron chi connectivity index (χ1n) is 11.6. The minimum absolute atomic E-state index is 0.0233. The molecule has 0 radical (unpaired) electrons. The summed E-state index contributed by atoms with van der Waals surface area (Å²) in [5.41, 5.74) is 2.67. The monoisotopic (exact) mass is 496 g/mol. The number of pyridine rings is 1. The highest BCUT2D eigenvalue weighted by Gasteiger charge is 2.25. The molecule has 0 aliphatic carbocycles. The van der Waals surface area contributed by atoms with Gasteiger partial charge in [-0.05, 0) is 63.5 Å². The third-order valence-electron chi connectivity index (χ3n) is 5.97.